The van der Waals surface area contributed by atoms with Gasteiger partial charge in [-0.15, -0.1) is 0 Å². The van der Waals surface area contributed by atoms with Gasteiger partial charge in [-0.25, -0.2) is 4.39 Å². The van der Waals surface area contributed by atoms with E-state index in [9.17, 15) is 14.3 Å². The van der Waals surface area contributed by atoms with Crippen molar-refractivity contribution in [2.24, 2.45) is 0 Å². The second-order valence-electron chi connectivity index (χ2n) is 7.18. The first-order valence-corrected chi connectivity index (χ1v) is 9.47. The Labute approximate surface area is 161 Å². The minimum absolute atomic E-state index is 0.0111. The van der Waals surface area contributed by atoms with Crippen molar-refractivity contribution >= 4 is 5.97 Å². The lowest BCUT2D eigenvalue weighted by atomic mass is 9.82. The predicted octanol–water partition coefficient (Wildman–Crippen LogP) is 5.71. The number of phenolic OH excluding ortho intramolecular Hbond substituents is 1. The molecule has 27 heavy (non-hydrogen) atoms. The summed E-state index contributed by atoms with van der Waals surface area (Å²) in [5, 5.41) is 10.8. The Bertz CT molecular complexity index is 781. The summed E-state index contributed by atoms with van der Waals surface area (Å²) in [7, 11) is 1.40. The average Bonchev–Trinajstić information content (AvgIpc) is 2.65. The summed E-state index contributed by atoms with van der Waals surface area (Å²) < 4.78 is 18.1. The molecule has 1 atom stereocenters. The topological polar surface area (TPSA) is 46.5 Å². The van der Waals surface area contributed by atoms with Crippen molar-refractivity contribution in [1.82, 2.24) is 0 Å². The van der Waals surface area contributed by atoms with Crippen LogP contribution in [-0.2, 0) is 9.53 Å². The number of carbonyl (C=O) groups is 1. The van der Waals surface area contributed by atoms with E-state index in [0.29, 0.717) is 12.2 Å². The summed E-state index contributed by atoms with van der Waals surface area (Å²) in [5.74, 6) is -0.135. The van der Waals surface area contributed by atoms with Gasteiger partial charge in [-0.05, 0) is 68.0 Å². The van der Waals surface area contributed by atoms with Gasteiger partial charge in [0, 0.05) is 17.9 Å². The van der Waals surface area contributed by atoms with Crippen molar-refractivity contribution in [2.75, 3.05) is 7.11 Å². The van der Waals surface area contributed by atoms with Crippen LogP contribution in [0, 0.1) is 26.6 Å². The molecule has 4 heteroatoms. The maximum Gasteiger partial charge on any atom is 0.305 e. The van der Waals surface area contributed by atoms with Crippen LogP contribution < -0.4 is 0 Å². The highest BCUT2D eigenvalue weighted by atomic mass is 19.1. The number of hydrogen-bond acceptors (Lipinski definition) is 3. The van der Waals surface area contributed by atoms with Crippen LogP contribution in [0.25, 0.3) is 0 Å². The number of rotatable bonds is 8. The monoisotopic (exact) mass is 372 g/mol. The zero-order valence-corrected chi connectivity index (χ0v) is 16.6. The van der Waals surface area contributed by atoms with Gasteiger partial charge in [0.25, 0.3) is 0 Å². The summed E-state index contributed by atoms with van der Waals surface area (Å²) in [6.07, 6.45) is 3.83. The van der Waals surface area contributed by atoms with Crippen LogP contribution in [0.15, 0.2) is 30.3 Å². The van der Waals surface area contributed by atoms with Gasteiger partial charge in [0.1, 0.15) is 11.6 Å². The van der Waals surface area contributed by atoms with Crippen molar-refractivity contribution in [3.63, 3.8) is 0 Å². The molecule has 0 saturated carbocycles. The SMILES string of the molecule is COC(=O)CCCCCC(c1ccc(F)cc1)c1c(C)cc(C)c(C)c1O. The normalized spacial score (nSPS) is 12.0. The van der Waals surface area contributed by atoms with Crippen molar-refractivity contribution < 1.29 is 19.0 Å². The maximum absolute atomic E-state index is 13.4. The van der Waals surface area contributed by atoms with Crippen LogP contribution in [0.3, 0.4) is 0 Å². The molecule has 0 bridgehead atoms. The van der Waals surface area contributed by atoms with E-state index in [0.717, 1.165) is 53.5 Å². The van der Waals surface area contributed by atoms with Crippen molar-refractivity contribution in [3.05, 3.63) is 64.0 Å². The molecule has 1 N–H and O–H groups in total. The molecule has 2 aromatic rings. The summed E-state index contributed by atoms with van der Waals surface area (Å²) in [6, 6.07) is 8.61. The number of benzene rings is 2. The number of methoxy groups -OCH3 is 1. The Morgan fingerprint density at radius 3 is 2.37 bits per heavy atom. The number of hydrogen-bond donors (Lipinski definition) is 1. The molecule has 0 aliphatic heterocycles. The quantitative estimate of drug-likeness (QED) is 0.477. The van der Waals surface area contributed by atoms with Crippen LogP contribution in [0.2, 0.25) is 0 Å². The maximum atomic E-state index is 13.4. The summed E-state index contributed by atoms with van der Waals surface area (Å²) in [6.45, 7) is 5.92. The Balaban J connectivity index is 2.25. The van der Waals surface area contributed by atoms with Gasteiger partial charge >= 0.3 is 5.97 Å². The molecule has 0 aliphatic carbocycles. The lowest BCUT2D eigenvalue weighted by Crippen LogP contribution is -2.06. The number of carbonyl (C=O) groups excluding carboxylic acids is 1. The van der Waals surface area contributed by atoms with E-state index in [-0.39, 0.29) is 17.7 Å². The first-order chi connectivity index (χ1) is 12.8. The molecule has 1 unspecified atom stereocenters. The molecule has 0 fully saturated rings. The van der Waals surface area contributed by atoms with E-state index in [1.54, 1.807) is 12.1 Å². The number of halogens is 1. The molecule has 0 radical (unpaired) electrons. The zero-order valence-electron chi connectivity index (χ0n) is 16.6. The third-order valence-corrected chi connectivity index (χ3v) is 5.28. The molecular formula is C23H29FO3. The molecule has 2 rings (SSSR count). The second-order valence-corrected chi connectivity index (χ2v) is 7.18. The Hall–Kier alpha value is -2.36. The van der Waals surface area contributed by atoms with Crippen LogP contribution >= 0.6 is 0 Å². The van der Waals surface area contributed by atoms with E-state index >= 15 is 0 Å². The van der Waals surface area contributed by atoms with Gasteiger partial charge < -0.3 is 9.84 Å². The fourth-order valence-electron chi connectivity index (χ4n) is 3.60. The third-order valence-electron chi connectivity index (χ3n) is 5.28. The lowest BCUT2D eigenvalue weighted by molar-refractivity contribution is -0.140. The molecule has 0 amide bonds. The zero-order chi connectivity index (χ0) is 20.0. The molecular weight excluding hydrogens is 343 g/mol. The fourth-order valence-corrected chi connectivity index (χ4v) is 3.60. The Morgan fingerprint density at radius 1 is 1.07 bits per heavy atom. The van der Waals surface area contributed by atoms with Gasteiger partial charge in [-0.2, -0.15) is 0 Å². The van der Waals surface area contributed by atoms with E-state index < -0.39 is 0 Å². The Kier molecular flexibility index (Phi) is 7.40. The van der Waals surface area contributed by atoms with Crippen molar-refractivity contribution in [3.8, 4) is 5.75 Å². The van der Waals surface area contributed by atoms with E-state index in [1.165, 1.54) is 19.2 Å². The van der Waals surface area contributed by atoms with E-state index in [1.807, 2.05) is 20.8 Å². The van der Waals surface area contributed by atoms with Crippen LogP contribution in [0.1, 0.15) is 65.8 Å². The van der Waals surface area contributed by atoms with Crippen molar-refractivity contribution in [1.29, 1.82) is 0 Å². The van der Waals surface area contributed by atoms with Crippen LogP contribution in [0.4, 0.5) is 4.39 Å². The molecule has 3 nitrogen and oxygen atoms in total. The van der Waals surface area contributed by atoms with E-state index in [4.69, 9.17) is 0 Å². The number of phenols is 1. The second kappa shape index (κ2) is 9.54. The molecule has 2 aromatic carbocycles. The number of aromatic hydroxyl groups is 1. The third kappa shape index (κ3) is 5.31. The van der Waals surface area contributed by atoms with Gasteiger partial charge in [0.15, 0.2) is 0 Å². The highest BCUT2D eigenvalue weighted by molar-refractivity contribution is 5.68. The van der Waals surface area contributed by atoms with Gasteiger partial charge in [0.05, 0.1) is 7.11 Å². The standard InChI is InChI=1S/C23H29FO3/c1-15-14-16(2)22(23(26)17(15)3)20(18-10-12-19(24)13-11-18)8-6-5-7-9-21(25)27-4/h10-14,20,26H,5-9H2,1-4H3. The van der Waals surface area contributed by atoms with Crippen LogP contribution in [-0.4, -0.2) is 18.2 Å². The predicted molar refractivity (Wildman–Crippen MR) is 106 cm³/mol. The molecule has 0 aliphatic rings. The minimum atomic E-state index is -0.267. The van der Waals surface area contributed by atoms with Gasteiger partial charge in [-0.3, -0.25) is 4.79 Å². The first-order valence-electron chi connectivity index (χ1n) is 9.47. The molecule has 146 valence electrons. The molecule has 0 aromatic heterocycles. The minimum Gasteiger partial charge on any atom is -0.507 e. The lowest BCUT2D eigenvalue weighted by Gasteiger charge is -2.23. The first kappa shape index (κ1) is 20.9. The molecule has 0 spiro atoms. The number of aryl methyl sites for hydroxylation is 2. The van der Waals surface area contributed by atoms with Gasteiger partial charge in [-0.1, -0.05) is 31.0 Å². The average molecular weight is 372 g/mol. The molecule has 0 heterocycles. The van der Waals surface area contributed by atoms with Gasteiger partial charge in [0.2, 0.25) is 0 Å². The fraction of sp³-hybridized carbons (Fsp3) is 0.435. The van der Waals surface area contributed by atoms with Crippen LogP contribution in [0.5, 0.6) is 5.75 Å². The Morgan fingerprint density at radius 2 is 1.74 bits per heavy atom. The molecule has 0 saturated heterocycles. The summed E-state index contributed by atoms with van der Waals surface area (Å²) in [4.78, 5) is 11.3. The number of esters is 1. The highest BCUT2D eigenvalue weighted by Crippen LogP contribution is 2.40. The number of ether oxygens (including phenoxy) is 1. The van der Waals surface area contributed by atoms with Crippen molar-refractivity contribution in [2.45, 2.75) is 58.8 Å². The van der Waals surface area contributed by atoms with E-state index in [2.05, 4.69) is 10.8 Å². The number of unbranched alkanes of at least 4 members (excludes halogenated alkanes) is 2. The smallest absolute Gasteiger partial charge is 0.305 e. The summed E-state index contributed by atoms with van der Waals surface area (Å²) in [5.41, 5.74) is 4.89. The summed E-state index contributed by atoms with van der Waals surface area (Å²) >= 11 is 0. The largest absolute Gasteiger partial charge is 0.507 e. The highest BCUT2D eigenvalue weighted by Gasteiger charge is 2.22.